The lowest BCUT2D eigenvalue weighted by molar-refractivity contribution is -0.274. The monoisotopic (exact) mass is 468 g/mol. The third-order valence-electron chi connectivity index (χ3n) is 5.81. The molecule has 0 spiro atoms. The lowest BCUT2D eigenvalue weighted by atomic mass is 9.81. The highest BCUT2D eigenvalue weighted by atomic mass is 19.4. The summed E-state index contributed by atoms with van der Waals surface area (Å²) in [5, 5.41) is 3.06. The minimum absolute atomic E-state index is 0.196. The van der Waals surface area contributed by atoms with E-state index in [0.29, 0.717) is 28.9 Å². The van der Waals surface area contributed by atoms with Crippen LogP contribution in [0.15, 0.2) is 66.9 Å². The van der Waals surface area contributed by atoms with Crippen LogP contribution in [0.2, 0.25) is 0 Å². The molecule has 0 radical (unpaired) electrons. The fraction of sp³-hybridized carbons (Fsp3) is 0.208. The zero-order valence-electron chi connectivity index (χ0n) is 18.0. The van der Waals surface area contributed by atoms with E-state index in [1.165, 1.54) is 24.3 Å². The molecule has 0 aliphatic carbocycles. The number of aromatic nitrogens is 3. The van der Waals surface area contributed by atoms with Crippen LogP contribution in [0, 0.1) is 0 Å². The van der Waals surface area contributed by atoms with E-state index >= 15 is 0 Å². The van der Waals surface area contributed by atoms with Crippen molar-refractivity contribution < 1.29 is 27.4 Å². The van der Waals surface area contributed by atoms with Crippen LogP contribution in [-0.4, -0.2) is 33.4 Å². The lowest BCUT2D eigenvalue weighted by Gasteiger charge is -2.38. The molecule has 1 amide bonds. The SMILES string of the molecule is Cn1c(C(=O)N[C@]2(c3ccc(OC(F)(F)F)cc3)CCOc3cccnc32)nc2ccccc21. The number of para-hydroxylation sites is 2. The van der Waals surface area contributed by atoms with Gasteiger partial charge in [-0.2, -0.15) is 0 Å². The van der Waals surface area contributed by atoms with Gasteiger partial charge in [-0.05, 0) is 42.0 Å². The zero-order valence-corrected chi connectivity index (χ0v) is 18.0. The number of ether oxygens (including phenoxy) is 2. The Hall–Kier alpha value is -4.08. The van der Waals surface area contributed by atoms with E-state index in [4.69, 9.17) is 4.74 Å². The van der Waals surface area contributed by atoms with Gasteiger partial charge in [0.1, 0.15) is 22.7 Å². The van der Waals surface area contributed by atoms with Gasteiger partial charge in [-0.25, -0.2) is 4.98 Å². The van der Waals surface area contributed by atoms with Crippen molar-refractivity contribution in [3.05, 3.63) is 83.9 Å². The number of aryl methyl sites for hydroxylation is 1. The van der Waals surface area contributed by atoms with Gasteiger partial charge in [-0.3, -0.25) is 9.78 Å². The largest absolute Gasteiger partial charge is 0.573 e. The van der Waals surface area contributed by atoms with Gasteiger partial charge < -0.3 is 19.4 Å². The number of amides is 1. The molecule has 1 N–H and O–H groups in total. The highest BCUT2D eigenvalue weighted by Crippen LogP contribution is 2.41. The quantitative estimate of drug-likeness (QED) is 0.483. The molecule has 1 atom stereocenters. The molecule has 1 aliphatic heterocycles. The highest BCUT2D eigenvalue weighted by Gasteiger charge is 2.43. The second kappa shape index (κ2) is 8.05. The van der Waals surface area contributed by atoms with Crippen LogP contribution < -0.4 is 14.8 Å². The third-order valence-corrected chi connectivity index (χ3v) is 5.81. The van der Waals surface area contributed by atoms with Gasteiger partial charge in [0.15, 0.2) is 5.82 Å². The van der Waals surface area contributed by atoms with Gasteiger partial charge in [0.2, 0.25) is 0 Å². The topological polar surface area (TPSA) is 78.3 Å². The van der Waals surface area contributed by atoms with Crippen molar-refractivity contribution in [3.8, 4) is 11.5 Å². The Balaban J connectivity index is 1.58. The molecule has 34 heavy (non-hydrogen) atoms. The summed E-state index contributed by atoms with van der Waals surface area (Å²) in [7, 11) is 1.75. The van der Waals surface area contributed by atoms with Crippen molar-refractivity contribution in [2.75, 3.05) is 6.61 Å². The van der Waals surface area contributed by atoms with Crippen LogP contribution in [0.4, 0.5) is 13.2 Å². The molecule has 0 unspecified atom stereocenters. The van der Waals surface area contributed by atoms with Gasteiger partial charge in [0.25, 0.3) is 5.91 Å². The first-order valence-electron chi connectivity index (χ1n) is 10.5. The summed E-state index contributed by atoms with van der Waals surface area (Å²) in [6.45, 7) is 0.266. The molecule has 0 saturated carbocycles. The molecular formula is C24H19F3N4O3. The van der Waals surface area contributed by atoms with Crippen LogP contribution in [0.1, 0.15) is 28.3 Å². The summed E-state index contributed by atoms with van der Waals surface area (Å²) in [4.78, 5) is 22.4. The van der Waals surface area contributed by atoms with E-state index in [0.717, 1.165) is 5.52 Å². The van der Waals surface area contributed by atoms with Crippen molar-refractivity contribution in [1.29, 1.82) is 0 Å². The normalized spacial score (nSPS) is 17.6. The fourth-order valence-corrected chi connectivity index (χ4v) is 4.27. The van der Waals surface area contributed by atoms with Gasteiger partial charge >= 0.3 is 6.36 Å². The molecular weight excluding hydrogens is 449 g/mol. The number of imidazole rings is 1. The summed E-state index contributed by atoms with van der Waals surface area (Å²) in [6.07, 6.45) is -2.92. The van der Waals surface area contributed by atoms with Crippen molar-refractivity contribution in [3.63, 3.8) is 0 Å². The molecule has 4 aromatic rings. The Morgan fingerprint density at radius 1 is 1.12 bits per heavy atom. The van der Waals surface area contributed by atoms with E-state index in [2.05, 4.69) is 20.0 Å². The van der Waals surface area contributed by atoms with E-state index in [1.807, 2.05) is 24.3 Å². The molecule has 3 heterocycles. The molecule has 2 aromatic carbocycles. The Morgan fingerprint density at radius 3 is 2.62 bits per heavy atom. The minimum atomic E-state index is -4.81. The van der Waals surface area contributed by atoms with Crippen molar-refractivity contribution in [1.82, 2.24) is 19.9 Å². The lowest BCUT2D eigenvalue weighted by Crippen LogP contribution is -2.50. The number of halogens is 3. The predicted octanol–water partition coefficient (Wildman–Crippen LogP) is 4.32. The van der Waals surface area contributed by atoms with E-state index in [9.17, 15) is 18.0 Å². The van der Waals surface area contributed by atoms with Crippen LogP contribution in [0.3, 0.4) is 0 Å². The number of carbonyl (C=O) groups excluding carboxylic acids is 1. The predicted molar refractivity (Wildman–Crippen MR) is 116 cm³/mol. The van der Waals surface area contributed by atoms with Crippen LogP contribution >= 0.6 is 0 Å². The first-order chi connectivity index (χ1) is 16.3. The molecule has 0 bridgehead atoms. The maximum absolute atomic E-state index is 13.5. The molecule has 0 fully saturated rings. The number of fused-ring (bicyclic) bond motifs is 2. The highest BCUT2D eigenvalue weighted by molar-refractivity contribution is 5.95. The van der Waals surface area contributed by atoms with Crippen molar-refractivity contribution in [2.45, 2.75) is 18.3 Å². The summed E-state index contributed by atoms with van der Waals surface area (Å²) >= 11 is 0. The van der Waals surface area contributed by atoms with Gasteiger partial charge in [-0.1, -0.05) is 24.3 Å². The Labute approximate surface area is 192 Å². The number of nitrogens with zero attached hydrogens (tertiary/aromatic N) is 3. The number of alkyl halides is 3. The first kappa shape index (κ1) is 21.7. The number of hydrogen-bond acceptors (Lipinski definition) is 5. The zero-order chi connectivity index (χ0) is 23.9. The number of hydrogen-bond donors (Lipinski definition) is 1. The summed E-state index contributed by atoms with van der Waals surface area (Å²) in [5.41, 5.74) is 1.31. The second-order valence-electron chi connectivity index (χ2n) is 7.86. The summed E-state index contributed by atoms with van der Waals surface area (Å²) < 4.78 is 49.4. The molecule has 1 aliphatic rings. The van der Waals surface area contributed by atoms with E-state index < -0.39 is 17.8 Å². The Kier molecular flexibility index (Phi) is 5.15. The fourth-order valence-electron chi connectivity index (χ4n) is 4.27. The van der Waals surface area contributed by atoms with E-state index in [-0.39, 0.29) is 18.2 Å². The maximum Gasteiger partial charge on any atom is 0.573 e. The molecule has 10 heteroatoms. The number of nitrogens with one attached hydrogen (secondary N) is 1. The van der Waals surface area contributed by atoms with Crippen LogP contribution in [0.5, 0.6) is 11.5 Å². The van der Waals surface area contributed by atoms with Crippen LogP contribution in [0.25, 0.3) is 11.0 Å². The Bertz CT molecular complexity index is 1370. The number of pyridine rings is 1. The van der Waals surface area contributed by atoms with Crippen molar-refractivity contribution in [2.24, 2.45) is 7.05 Å². The van der Waals surface area contributed by atoms with Crippen molar-refractivity contribution >= 4 is 16.9 Å². The Morgan fingerprint density at radius 2 is 1.88 bits per heavy atom. The summed E-state index contributed by atoms with van der Waals surface area (Å²) in [5.74, 6) is -0.134. The number of carbonyl (C=O) groups is 1. The first-order valence-corrected chi connectivity index (χ1v) is 10.5. The van der Waals surface area contributed by atoms with Gasteiger partial charge in [0.05, 0.1) is 17.6 Å². The molecule has 0 saturated heterocycles. The summed E-state index contributed by atoms with van der Waals surface area (Å²) in [6, 6.07) is 16.2. The maximum atomic E-state index is 13.5. The smallest absolute Gasteiger partial charge is 0.491 e. The molecule has 7 nitrogen and oxygen atoms in total. The molecule has 2 aromatic heterocycles. The molecule has 174 valence electrons. The van der Waals surface area contributed by atoms with Crippen LogP contribution in [-0.2, 0) is 12.6 Å². The third kappa shape index (κ3) is 3.81. The molecule has 5 rings (SSSR count). The minimum Gasteiger partial charge on any atom is -0.491 e. The standard InChI is InChI=1S/C24H19F3N4O3/c1-31-18-6-3-2-5-17(18)29-21(31)22(32)30-23(12-14-33-19-7-4-13-28-20(19)23)15-8-10-16(11-9-15)34-24(25,26)27/h2-11,13H,12,14H2,1H3,(H,30,32)/t23-/m0/s1. The average molecular weight is 468 g/mol. The van der Waals surface area contributed by atoms with Gasteiger partial charge in [-0.15, -0.1) is 13.2 Å². The number of rotatable bonds is 4. The second-order valence-corrected chi connectivity index (χ2v) is 7.86. The van der Waals surface area contributed by atoms with E-state index in [1.54, 1.807) is 29.9 Å². The average Bonchev–Trinajstić information content (AvgIpc) is 3.15. The number of benzene rings is 2. The van der Waals surface area contributed by atoms with Gasteiger partial charge in [0, 0.05) is 19.7 Å².